The van der Waals surface area contributed by atoms with Crippen molar-refractivity contribution >= 4 is 40.6 Å². The van der Waals surface area contributed by atoms with Gasteiger partial charge in [-0.3, -0.25) is 19.4 Å². The minimum absolute atomic E-state index is 0.0975. The Kier molecular flexibility index (Phi) is 10.5. The third kappa shape index (κ3) is 7.72. The van der Waals surface area contributed by atoms with Crippen LogP contribution in [0.2, 0.25) is 0 Å². The number of hydrogen-bond acceptors (Lipinski definition) is 6. The van der Waals surface area contributed by atoms with Crippen LogP contribution in [0.4, 0.5) is 0 Å². The fraction of sp³-hybridized carbons (Fsp3) is 0.519. The fourth-order valence-corrected chi connectivity index (χ4v) is 4.82. The Morgan fingerprint density at radius 2 is 1.88 bits per heavy atom. The first-order valence-electron chi connectivity index (χ1n) is 13.5. The van der Waals surface area contributed by atoms with E-state index in [0.29, 0.717) is 25.8 Å². The maximum atomic E-state index is 13.9. The summed E-state index contributed by atoms with van der Waals surface area (Å²) in [5.74, 6) is -2.88. The van der Waals surface area contributed by atoms with E-state index in [1.165, 1.54) is 4.90 Å². The Balaban J connectivity index is 1.78. The first kappa shape index (κ1) is 30.4. The molecule has 13 nitrogen and oxygen atoms in total. The van der Waals surface area contributed by atoms with Gasteiger partial charge in [0, 0.05) is 36.6 Å². The van der Waals surface area contributed by atoms with E-state index in [9.17, 15) is 24.3 Å². The van der Waals surface area contributed by atoms with E-state index >= 15 is 0 Å². The summed E-state index contributed by atoms with van der Waals surface area (Å²) >= 11 is 0. The molecule has 1 aromatic heterocycles. The van der Waals surface area contributed by atoms with Crippen molar-refractivity contribution in [3.05, 3.63) is 36.0 Å². The molecule has 1 aromatic carbocycles. The zero-order chi connectivity index (χ0) is 29.4. The Morgan fingerprint density at radius 3 is 2.55 bits per heavy atom. The highest BCUT2D eigenvalue weighted by atomic mass is 16.4. The van der Waals surface area contributed by atoms with E-state index in [-0.39, 0.29) is 31.3 Å². The predicted molar refractivity (Wildman–Crippen MR) is 151 cm³/mol. The lowest BCUT2D eigenvalue weighted by atomic mass is 10.0. The summed E-state index contributed by atoms with van der Waals surface area (Å²) in [6, 6.07) is 3.81. The van der Waals surface area contributed by atoms with Crippen LogP contribution in [0.3, 0.4) is 0 Å². The molecule has 0 aliphatic carbocycles. The van der Waals surface area contributed by atoms with Crippen LogP contribution >= 0.6 is 0 Å². The van der Waals surface area contributed by atoms with Gasteiger partial charge in [0.15, 0.2) is 5.96 Å². The average molecular weight is 557 g/mol. The number of carboxylic acid groups (broad SMARTS) is 1. The van der Waals surface area contributed by atoms with Gasteiger partial charge in [0.1, 0.15) is 18.1 Å². The first-order chi connectivity index (χ1) is 19.0. The summed E-state index contributed by atoms with van der Waals surface area (Å²) in [5.41, 5.74) is 18.4. The number of aliphatic carboxylic acids is 1. The van der Waals surface area contributed by atoms with E-state index in [2.05, 4.69) is 20.6 Å². The molecule has 13 heteroatoms. The quantitative estimate of drug-likeness (QED) is 0.0991. The second kappa shape index (κ2) is 13.8. The van der Waals surface area contributed by atoms with Crippen molar-refractivity contribution in [1.82, 2.24) is 20.5 Å². The molecule has 0 spiro atoms. The van der Waals surface area contributed by atoms with Crippen molar-refractivity contribution in [2.45, 2.75) is 70.1 Å². The second-order valence-corrected chi connectivity index (χ2v) is 10.4. The van der Waals surface area contributed by atoms with Gasteiger partial charge in [-0.1, -0.05) is 32.0 Å². The molecule has 10 N–H and O–H groups in total. The predicted octanol–water partition coefficient (Wildman–Crippen LogP) is -0.207. The molecule has 0 saturated carbocycles. The van der Waals surface area contributed by atoms with Gasteiger partial charge in [-0.2, -0.15) is 0 Å². The zero-order valence-corrected chi connectivity index (χ0v) is 22.9. The monoisotopic (exact) mass is 556 g/mol. The molecule has 1 aliphatic rings. The molecule has 2 heterocycles. The first-order valence-corrected chi connectivity index (χ1v) is 13.5. The minimum atomic E-state index is -1.19. The van der Waals surface area contributed by atoms with Crippen LogP contribution in [-0.4, -0.2) is 81.9 Å². The highest BCUT2D eigenvalue weighted by Crippen LogP contribution is 2.23. The molecule has 218 valence electrons. The summed E-state index contributed by atoms with van der Waals surface area (Å²) in [4.78, 5) is 60.2. The van der Waals surface area contributed by atoms with Crippen LogP contribution in [0.5, 0.6) is 0 Å². The number of aliphatic imine (C=N–C) groups is 1. The number of aromatic nitrogens is 1. The van der Waals surface area contributed by atoms with Gasteiger partial charge >= 0.3 is 5.97 Å². The number of carbonyl (C=O) groups is 4. The van der Waals surface area contributed by atoms with Crippen molar-refractivity contribution in [3.8, 4) is 0 Å². The van der Waals surface area contributed by atoms with E-state index in [4.69, 9.17) is 17.2 Å². The van der Waals surface area contributed by atoms with E-state index < -0.39 is 47.9 Å². The van der Waals surface area contributed by atoms with Crippen molar-refractivity contribution in [2.75, 3.05) is 13.1 Å². The number of H-pyrrole nitrogens is 1. The van der Waals surface area contributed by atoms with Gasteiger partial charge in [-0.15, -0.1) is 0 Å². The standard InChI is InChI=1S/C27H40N8O5/c1-15(2)22(28)24(37)34-20(13-16-14-32-18-8-4-3-7-17(16)18)25(38)35-12-6-10-21(35)23(36)33-19(26(39)40)9-5-11-31-27(29)30/h3-4,7-8,14-15,19-22,32H,5-6,9-13,28H2,1-2H3,(H,33,36)(H,34,37)(H,39,40)(H4,29,30,31). The molecule has 3 rings (SSSR count). The number of fused-ring (bicyclic) bond motifs is 1. The third-order valence-corrected chi connectivity index (χ3v) is 7.13. The Hall–Kier alpha value is -4.13. The molecule has 1 saturated heterocycles. The van der Waals surface area contributed by atoms with Crippen molar-refractivity contribution in [1.29, 1.82) is 0 Å². The SMILES string of the molecule is CC(C)C(N)C(=O)NC(Cc1c[nH]c2ccccc12)C(=O)N1CCCC1C(=O)NC(CCCN=C(N)N)C(=O)O. The van der Waals surface area contributed by atoms with Crippen LogP contribution in [0.25, 0.3) is 10.9 Å². The van der Waals surface area contributed by atoms with Gasteiger partial charge in [-0.05, 0) is 43.2 Å². The van der Waals surface area contributed by atoms with Crippen LogP contribution < -0.4 is 27.8 Å². The topological polar surface area (TPSA) is 222 Å². The number of nitrogens with one attached hydrogen (secondary N) is 3. The molecule has 4 unspecified atom stereocenters. The number of para-hydroxylation sites is 1. The molecular weight excluding hydrogens is 516 g/mol. The summed E-state index contributed by atoms with van der Waals surface area (Å²) in [5, 5.41) is 15.9. The van der Waals surface area contributed by atoms with E-state index in [1.807, 2.05) is 38.1 Å². The number of nitrogens with zero attached hydrogens (tertiary/aromatic N) is 2. The Bertz CT molecular complexity index is 1240. The van der Waals surface area contributed by atoms with E-state index in [0.717, 1.165) is 16.5 Å². The number of guanidine groups is 1. The number of nitrogens with two attached hydrogens (primary N) is 3. The lowest BCUT2D eigenvalue weighted by molar-refractivity contribution is -0.145. The smallest absolute Gasteiger partial charge is 0.326 e. The largest absolute Gasteiger partial charge is 0.480 e. The van der Waals surface area contributed by atoms with Crippen LogP contribution in [0, 0.1) is 5.92 Å². The fourth-order valence-electron chi connectivity index (χ4n) is 4.82. The van der Waals surface area contributed by atoms with Crippen LogP contribution in [0.15, 0.2) is 35.5 Å². The summed E-state index contributed by atoms with van der Waals surface area (Å²) in [7, 11) is 0. The summed E-state index contributed by atoms with van der Waals surface area (Å²) in [6.07, 6.45) is 3.38. The Morgan fingerprint density at radius 1 is 1.15 bits per heavy atom. The average Bonchev–Trinajstić information content (AvgIpc) is 3.56. The van der Waals surface area contributed by atoms with Crippen molar-refractivity contribution < 1.29 is 24.3 Å². The van der Waals surface area contributed by atoms with Gasteiger partial charge in [0.2, 0.25) is 17.7 Å². The number of carboxylic acids is 1. The second-order valence-electron chi connectivity index (χ2n) is 10.4. The summed E-state index contributed by atoms with van der Waals surface area (Å²) < 4.78 is 0. The Labute approximate surface area is 232 Å². The van der Waals surface area contributed by atoms with Gasteiger partial charge in [-0.25, -0.2) is 4.79 Å². The molecule has 40 heavy (non-hydrogen) atoms. The normalized spacial score (nSPS) is 17.3. The molecule has 2 aromatic rings. The molecular formula is C27H40N8O5. The van der Waals surface area contributed by atoms with E-state index in [1.54, 1.807) is 6.20 Å². The lowest BCUT2D eigenvalue weighted by Gasteiger charge is -2.30. The summed E-state index contributed by atoms with van der Waals surface area (Å²) in [6.45, 7) is 4.16. The number of rotatable bonds is 13. The number of likely N-dealkylation sites (tertiary alicyclic amines) is 1. The molecule has 1 aliphatic heterocycles. The van der Waals surface area contributed by atoms with Crippen molar-refractivity contribution in [3.63, 3.8) is 0 Å². The number of carbonyl (C=O) groups excluding carboxylic acids is 3. The third-order valence-electron chi connectivity index (χ3n) is 7.13. The molecule has 1 fully saturated rings. The highest BCUT2D eigenvalue weighted by Gasteiger charge is 2.39. The minimum Gasteiger partial charge on any atom is -0.480 e. The lowest BCUT2D eigenvalue weighted by Crippen LogP contribution is -2.57. The molecule has 3 amide bonds. The number of benzene rings is 1. The molecule has 0 bridgehead atoms. The number of hydrogen-bond donors (Lipinski definition) is 7. The van der Waals surface area contributed by atoms with Crippen LogP contribution in [0.1, 0.15) is 45.1 Å². The maximum absolute atomic E-state index is 13.9. The van der Waals surface area contributed by atoms with Crippen LogP contribution in [-0.2, 0) is 25.6 Å². The van der Waals surface area contributed by atoms with Gasteiger partial charge < -0.3 is 42.8 Å². The molecule has 4 atom stereocenters. The van der Waals surface area contributed by atoms with Crippen molar-refractivity contribution in [2.24, 2.45) is 28.1 Å². The number of amides is 3. The van der Waals surface area contributed by atoms with Gasteiger partial charge in [0.05, 0.1) is 6.04 Å². The molecule has 0 radical (unpaired) electrons. The highest BCUT2D eigenvalue weighted by molar-refractivity contribution is 5.95. The maximum Gasteiger partial charge on any atom is 0.326 e. The zero-order valence-electron chi connectivity index (χ0n) is 22.9. The van der Waals surface area contributed by atoms with Gasteiger partial charge in [0.25, 0.3) is 0 Å². The number of aromatic amines is 1.